The summed E-state index contributed by atoms with van der Waals surface area (Å²) in [5, 5.41) is 1.91. The lowest BCUT2D eigenvalue weighted by molar-refractivity contribution is 0.149. The number of nitrogens with zero attached hydrogens (tertiary/aromatic N) is 2. The molecule has 3 aromatic rings. The SMILES string of the molecule is COc1c2occc2c(CN2CCN(C)CC2)c2ccc(=O)oc12. The molecule has 6 heteroatoms. The summed E-state index contributed by atoms with van der Waals surface area (Å²) in [5.41, 5.74) is 1.81. The molecule has 0 amide bonds. The van der Waals surface area contributed by atoms with E-state index in [1.165, 1.54) is 6.07 Å². The molecular weight excluding hydrogens is 308 g/mol. The summed E-state index contributed by atoms with van der Waals surface area (Å²) in [7, 11) is 3.70. The Morgan fingerprint density at radius 1 is 1.08 bits per heavy atom. The van der Waals surface area contributed by atoms with Crippen LogP contribution in [0.5, 0.6) is 5.75 Å². The third-order valence-electron chi connectivity index (χ3n) is 4.74. The molecule has 0 unspecified atom stereocenters. The molecule has 0 spiro atoms. The first kappa shape index (κ1) is 15.2. The van der Waals surface area contributed by atoms with Crippen molar-refractivity contribution >= 4 is 21.9 Å². The number of hydrogen-bond donors (Lipinski definition) is 0. The van der Waals surface area contributed by atoms with Crippen LogP contribution in [0.3, 0.4) is 0 Å². The molecule has 0 atom stereocenters. The zero-order chi connectivity index (χ0) is 16.7. The molecule has 0 aliphatic carbocycles. The lowest BCUT2D eigenvalue weighted by atomic mass is 10.0. The van der Waals surface area contributed by atoms with Crippen LogP contribution in [0.15, 0.2) is 38.1 Å². The fourth-order valence-corrected chi connectivity index (χ4v) is 3.38. The van der Waals surface area contributed by atoms with E-state index < -0.39 is 5.63 Å². The number of rotatable bonds is 3. The highest BCUT2D eigenvalue weighted by atomic mass is 16.5. The van der Waals surface area contributed by atoms with Crippen molar-refractivity contribution in [3.63, 3.8) is 0 Å². The Balaban J connectivity index is 1.89. The number of likely N-dealkylation sites (N-methyl/N-ethyl adjacent to an activating group) is 1. The lowest BCUT2D eigenvalue weighted by Gasteiger charge is -2.32. The summed E-state index contributed by atoms with van der Waals surface area (Å²) in [6, 6.07) is 5.23. The Kier molecular flexibility index (Phi) is 3.78. The minimum Gasteiger partial charge on any atom is -0.490 e. The number of methoxy groups -OCH3 is 1. The van der Waals surface area contributed by atoms with E-state index in [0.717, 1.165) is 49.1 Å². The number of furan rings is 1. The summed E-state index contributed by atoms with van der Waals surface area (Å²) in [4.78, 5) is 16.4. The van der Waals surface area contributed by atoms with Gasteiger partial charge in [-0.1, -0.05) is 0 Å². The summed E-state index contributed by atoms with van der Waals surface area (Å²) in [5.74, 6) is 0.477. The Morgan fingerprint density at radius 3 is 2.58 bits per heavy atom. The smallest absolute Gasteiger partial charge is 0.336 e. The molecule has 1 aliphatic heterocycles. The average molecular weight is 328 g/mol. The van der Waals surface area contributed by atoms with E-state index in [1.807, 2.05) is 12.1 Å². The standard InChI is InChI=1S/C18H20N2O4/c1-19-6-8-20(9-7-19)11-14-12-3-4-15(21)24-17(12)18(22-2)16-13(14)5-10-23-16/h3-5,10H,6-9,11H2,1-2H3. The normalized spacial score (nSPS) is 16.9. The number of fused-ring (bicyclic) bond motifs is 2. The fourth-order valence-electron chi connectivity index (χ4n) is 3.38. The van der Waals surface area contributed by atoms with Gasteiger partial charge in [0.25, 0.3) is 0 Å². The molecule has 24 heavy (non-hydrogen) atoms. The van der Waals surface area contributed by atoms with Crippen LogP contribution in [0.4, 0.5) is 0 Å². The van der Waals surface area contributed by atoms with Crippen LogP contribution in [0.1, 0.15) is 5.56 Å². The highest BCUT2D eigenvalue weighted by molar-refractivity contribution is 6.03. The van der Waals surface area contributed by atoms with Gasteiger partial charge in [0, 0.05) is 49.6 Å². The molecule has 6 nitrogen and oxygen atoms in total. The molecule has 126 valence electrons. The van der Waals surface area contributed by atoms with E-state index in [4.69, 9.17) is 13.6 Å². The Morgan fingerprint density at radius 2 is 1.83 bits per heavy atom. The van der Waals surface area contributed by atoms with Crippen molar-refractivity contribution in [1.29, 1.82) is 0 Å². The second-order valence-electron chi connectivity index (χ2n) is 6.25. The van der Waals surface area contributed by atoms with Gasteiger partial charge in [0.1, 0.15) is 0 Å². The topological polar surface area (TPSA) is 59.1 Å². The van der Waals surface area contributed by atoms with Gasteiger partial charge >= 0.3 is 5.63 Å². The van der Waals surface area contributed by atoms with Crippen molar-refractivity contribution in [3.8, 4) is 5.75 Å². The molecule has 0 radical (unpaired) electrons. The van der Waals surface area contributed by atoms with Crippen LogP contribution in [-0.2, 0) is 6.54 Å². The van der Waals surface area contributed by atoms with E-state index >= 15 is 0 Å². The number of ether oxygens (including phenoxy) is 1. The summed E-state index contributed by atoms with van der Waals surface area (Å²) in [6.45, 7) is 4.92. The minimum absolute atomic E-state index is 0.391. The van der Waals surface area contributed by atoms with Crippen molar-refractivity contribution in [3.05, 3.63) is 40.4 Å². The molecule has 1 saturated heterocycles. The maximum Gasteiger partial charge on any atom is 0.336 e. The van der Waals surface area contributed by atoms with Crippen molar-refractivity contribution in [2.45, 2.75) is 6.54 Å². The van der Waals surface area contributed by atoms with Crippen LogP contribution in [0, 0.1) is 0 Å². The quantitative estimate of drug-likeness (QED) is 0.688. The first-order chi connectivity index (χ1) is 11.7. The van der Waals surface area contributed by atoms with Gasteiger partial charge in [-0.05, 0) is 24.7 Å². The Labute approximate surface area is 139 Å². The van der Waals surface area contributed by atoms with Crippen molar-refractivity contribution in [2.75, 3.05) is 40.3 Å². The van der Waals surface area contributed by atoms with Crippen molar-refractivity contribution in [2.24, 2.45) is 0 Å². The van der Waals surface area contributed by atoms with Gasteiger partial charge in [-0.3, -0.25) is 4.90 Å². The summed E-state index contributed by atoms with van der Waals surface area (Å²) in [6.07, 6.45) is 1.65. The van der Waals surface area contributed by atoms with Crippen LogP contribution < -0.4 is 10.4 Å². The molecule has 0 N–H and O–H groups in total. The van der Waals surface area contributed by atoms with Gasteiger partial charge in [-0.15, -0.1) is 0 Å². The summed E-state index contributed by atoms with van der Waals surface area (Å²) < 4.78 is 16.5. The molecule has 1 aliphatic rings. The molecule has 1 fully saturated rings. The first-order valence-electron chi connectivity index (χ1n) is 8.08. The molecule has 0 bridgehead atoms. The van der Waals surface area contributed by atoms with Crippen LogP contribution >= 0.6 is 0 Å². The third-order valence-corrected chi connectivity index (χ3v) is 4.74. The maximum atomic E-state index is 11.7. The largest absolute Gasteiger partial charge is 0.490 e. The lowest BCUT2D eigenvalue weighted by Crippen LogP contribution is -2.43. The van der Waals surface area contributed by atoms with Crippen LogP contribution in [-0.4, -0.2) is 50.1 Å². The van der Waals surface area contributed by atoms with Crippen molar-refractivity contribution < 1.29 is 13.6 Å². The van der Waals surface area contributed by atoms with Gasteiger partial charge in [-0.2, -0.15) is 0 Å². The Hall–Kier alpha value is -2.31. The van der Waals surface area contributed by atoms with Gasteiger partial charge in [0.05, 0.1) is 13.4 Å². The summed E-state index contributed by atoms with van der Waals surface area (Å²) >= 11 is 0. The first-order valence-corrected chi connectivity index (χ1v) is 8.08. The van der Waals surface area contributed by atoms with E-state index in [1.54, 1.807) is 13.4 Å². The van der Waals surface area contributed by atoms with Gasteiger partial charge < -0.3 is 18.5 Å². The van der Waals surface area contributed by atoms with E-state index in [0.29, 0.717) is 16.9 Å². The molecule has 3 heterocycles. The zero-order valence-corrected chi connectivity index (χ0v) is 13.9. The molecule has 4 rings (SSSR count). The van der Waals surface area contributed by atoms with Gasteiger partial charge in [0.15, 0.2) is 11.2 Å². The second kappa shape index (κ2) is 5.96. The molecule has 2 aromatic heterocycles. The van der Waals surface area contributed by atoms with Crippen LogP contribution in [0.2, 0.25) is 0 Å². The van der Waals surface area contributed by atoms with E-state index in [9.17, 15) is 4.79 Å². The van der Waals surface area contributed by atoms with E-state index in [-0.39, 0.29) is 0 Å². The van der Waals surface area contributed by atoms with Gasteiger partial charge in [0.2, 0.25) is 5.75 Å². The van der Waals surface area contributed by atoms with Gasteiger partial charge in [-0.25, -0.2) is 4.79 Å². The molecule has 0 saturated carbocycles. The molecular formula is C18H20N2O4. The molecule has 1 aromatic carbocycles. The maximum absolute atomic E-state index is 11.7. The predicted octanol–water partition coefficient (Wildman–Crippen LogP) is 2.30. The third kappa shape index (κ3) is 2.48. The van der Waals surface area contributed by atoms with E-state index in [2.05, 4.69) is 16.8 Å². The highest BCUT2D eigenvalue weighted by Gasteiger charge is 2.22. The zero-order valence-electron chi connectivity index (χ0n) is 13.9. The number of hydrogen-bond acceptors (Lipinski definition) is 6. The van der Waals surface area contributed by atoms with Crippen molar-refractivity contribution in [1.82, 2.24) is 9.80 Å². The number of benzene rings is 1. The fraction of sp³-hybridized carbons (Fsp3) is 0.389. The van der Waals surface area contributed by atoms with Crippen LogP contribution in [0.25, 0.3) is 21.9 Å². The monoisotopic (exact) mass is 328 g/mol. The second-order valence-corrected chi connectivity index (χ2v) is 6.25. The number of piperazine rings is 1. The predicted molar refractivity (Wildman–Crippen MR) is 91.6 cm³/mol. The Bertz CT molecular complexity index is 935. The highest BCUT2D eigenvalue weighted by Crippen LogP contribution is 2.38. The minimum atomic E-state index is -0.391. The average Bonchev–Trinajstić information content (AvgIpc) is 3.06.